The number of nitrogens with zero attached hydrogens (tertiary/aromatic N) is 2. The Morgan fingerprint density at radius 2 is 1.91 bits per heavy atom. The van der Waals surface area contributed by atoms with Crippen molar-refractivity contribution in [1.29, 1.82) is 0 Å². The molecule has 2 N–H and O–H groups in total. The topological polar surface area (TPSA) is 66.9 Å². The van der Waals surface area contributed by atoms with Crippen LogP contribution in [0.15, 0.2) is 42.6 Å². The molecule has 5 nitrogen and oxygen atoms in total. The predicted molar refractivity (Wildman–Crippen MR) is 87.7 cm³/mol. The summed E-state index contributed by atoms with van der Waals surface area (Å²) in [5.41, 5.74) is 1.29. The maximum absolute atomic E-state index is 10.8. The first-order chi connectivity index (χ1) is 10.7. The summed E-state index contributed by atoms with van der Waals surface area (Å²) >= 11 is 0. The van der Waals surface area contributed by atoms with Gasteiger partial charge < -0.3 is 10.6 Å². The molecule has 5 heteroatoms. The van der Waals surface area contributed by atoms with Gasteiger partial charge in [-0.15, -0.1) is 0 Å². The number of hydrogen-bond donors (Lipinski definition) is 2. The van der Waals surface area contributed by atoms with Gasteiger partial charge in [-0.1, -0.05) is 30.3 Å². The summed E-state index contributed by atoms with van der Waals surface area (Å²) in [5.74, 6) is 1.68. The van der Waals surface area contributed by atoms with Crippen LogP contribution in [-0.4, -0.2) is 29.0 Å². The van der Waals surface area contributed by atoms with Gasteiger partial charge in [-0.3, -0.25) is 4.79 Å². The number of rotatable bonds is 8. The molecule has 22 heavy (non-hydrogen) atoms. The van der Waals surface area contributed by atoms with Crippen LogP contribution in [0.1, 0.15) is 24.7 Å². The number of amides is 1. The molecule has 0 bridgehead atoms. The second-order valence-corrected chi connectivity index (χ2v) is 5.11. The number of hydrogen-bond acceptors (Lipinski definition) is 4. The van der Waals surface area contributed by atoms with Crippen molar-refractivity contribution in [2.75, 3.05) is 18.4 Å². The van der Waals surface area contributed by atoms with Crippen molar-refractivity contribution in [1.82, 2.24) is 15.3 Å². The molecular weight excluding hydrogens is 276 g/mol. The highest BCUT2D eigenvalue weighted by Gasteiger charge is 2.00. The first kappa shape index (κ1) is 15.9. The fourth-order valence-corrected chi connectivity index (χ4v) is 2.09. The number of anilines is 1. The maximum atomic E-state index is 10.8. The smallest absolute Gasteiger partial charge is 0.216 e. The van der Waals surface area contributed by atoms with Crippen molar-refractivity contribution in [2.45, 2.75) is 26.2 Å². The van der Waals surface area contributed by atoms with E-state index >= 15 is 0 Å². The molecule has 116 valence electrons. The Morgan fingerprint density at radius 1 is 1.09 bits per heavy atom. The van der Waals surface area contributed by atoms with Crippen LogP contribution < -0.4 is 10.6 Å². The van der Waals surface area contributed by atoms with Crippen LogP contribution in [0.2, 0.25) is 0 Å². The number of benzene rings is 1. The zero-order valence-electron chi connectivity index (χ0n) is 12.9. The van der Waals surface area contributed by atoms with Gasteiger partial charge in [0.15, 0.2) is 0 Å². The number of aromatic nitrogens is 2. The van der Waals surface area contributed by atoms with E-state index in [0.717, 1.165) is 37.4 Å². The Hall–Kier alpha value is -2.43. The average Bonchev–Trinajstić information content (AvgIpc) is 2.54. The van der Waals surface area contributed by atoms with Crippen LogP contribution in [0.3, 0.4) is 0 Å². The van der Waals surface area contributed by atoms with E-state index in [1.54, 1.807) is 6.20 Å². The lowest BCUT2D eigenvalue weighted by Crippen LogP contribution is -2.22. The van der Waals surface area contributed by atoms with Crippen LogP contribution >= 0.6 is 0 Å². The molecule has 0 atom stereocenters. The second-order valence-electron chi connectivity index (χ2n) is 5.11. The molecule has 2 aromatic rings. The lowest BCUT2D eigenvalue weighted by molar-refractivity contribution is -0.118. The number of carbonyl (C=O) groups is 1. The van der Waals surface area contributed by atoms with Crippen molar-refractivity contribution in [3.8, 4) is 0 Å². The van der Waals surface area contributed by atoms with Crippen molar-refractivity contribution < 1.29 is 4.79 Å². The van der Waals surface area contributed by atoms with E-state index in [-0.39, 0.29) is 5.91 Å². The zero-order chi connectivity index (χ0) is 15.6. The largest absolute Gasteiger partial charge is 0.370 e. The fraction of sp³-hybridized carbons (Fsp3) is 0.353. The Morgan fingerprint density at radius 3 is 2.68 bits per heavy atom. The van der Waals surface area contributed by atoms with Gasteiger partial charge in [-0.25, -0.2) is 9.97 Å². The molecule has 2 rings (SSSR count). The van der Waals surface area contributed by atoms with E-state index in [1.807, 2.05) is 24.3 Å². The molecule has 0 saturated carbocycles. The molecule has 0 aliphatic heterocycles. The minimum Gasteiger partial charge on any atom is -0.370 e. The minimum absolute atomic E-state index is 0.00485. The zero-order valence-corrected chi connectivity index (χ0v) is 12.9. The quantitative estimate of drug-likeness (QED) is 0.733. The summed E-state index contributed by atoms with van der Waals surface area (Å²) in [6.45, 7) is 2.97. The molecule has 0 saturated heterocycles. The molecule has 1 heterocycles. The number of carbonyl (C=O) groups excluding carboxylic acids is 1. The molecule has 0 fully saturated rings. The normalized spacial score (nSPS) is 10.2. The summed E-state index contributed by atoms with van der Waals surface area (Å²) < 4.78 is 0. The van der Waals surface area contributed by atoms with Gasteiger partial charge in [0.2, 0.25) is 5.91 Å². The average molecular weight is 298 g/mol. The van der Waals surface area contributed by atoms with E-state index in [1.165, 1.54) is 12.5 Å². The third kappa shape index (κ3) is 5.91. The highest BCUT2D eigenvalue weighted by Crippen LogP contribution is 2.06. The van der Waals surface area contributed by atoms with E-state index < -0.39 is 0 Å². The Kier molecular flexibility index (Phi) is 6.36. The Labute approximate surface area is 131 Å². The summed E-state index contributed by atoms with van der Waals surface area (Å²) in [4.78, 5) is 19.6. The summed E-state index contributed by atoms with van der Waals surface area (Å²) in [6.07, 6.45) is 4.41. The van der Waals surface area contributed by atoms with Crippen LogP contribution in [0.4, 0.5) is 5.82 Å². The van der Waals surface area contributed by atoms with Crippen molar-refractivity contribution >= 4 is 11.7 Å². The van der Waals surface area contributed by atoms with Gasteiger partial charge in [0.25, 0.3) is 0 Å². The number of nitrogens with one attached hydrogen (secondary N) is 2. The van der Waals surface area contributed by atoms with E-state index in [9.17, 15) is 4.79 Å². The Bertz CT molecular complexity index is 586. The lowest BCUT2D eigenvalue weighted by atomic mass is 10.1. The third-order valence-electron chi connectivity index (χ3n) is 3.22. The standard InChI is InChI=1S/C17H22N4O/c1-14(22)18-11-5-12-19-17-10-13-20-16(21-17)9-8-15-6-3-2-4-7-15/h2-4,6-7,10,13H,5,8-9,11-12H2,1H3,(H,18,22)(H,19,20,21). The molecule has 1 aromatic heterocycles. The van der Waals surface area contributed by atoms with E-state index in [4.69, 9.17) is 0 Å². The SMILES string of the molecule is CC(=O)NCCCNc1ccnc(CCc2ccccc2)n1. The molecule has 0 spiro atoms. The van der Waals surface area contributed by atoms with Gasteiger partial charge in [-0.2, -0.15) is 0 Å². The van der Waals surface area contributed by atoms with Gasteiger partial charge in [0, 0.05) is 32.6 Å². The van der Waals surface area contributed by atoms with Gasteiger partial charge in [0.05, 0.1) is 0 Å². The molecule has 0 unspecified atom stereocenters. The van der Waals surface area contributed by atoms with Crippen molar-refractivity contribution in [3.05, 3.63) is 54.0 Å². The van der Waals surface area contributed by atoms with Crippen LogP contribution in [0.25, 0.3) is 0 Å². The predicted octanol–water partition coefficient (Wildman–Crippen LogP) is 2.20. The summed E-state index contributed by atoms with van der Waals surface area (Å²) in [6, 6.07) is 12.2. The van der Waals surface area contributed by atoms with E-state index in [0.29, 0.717) is 6.54 Å². The summed E-state index contributed by atoms with van der Waals surface area (Å²) in [5, 5.41) is 6.02. The molecular formula is C17H22N4O. The van der Waals surface area contributed by atoms with E-state index in [2.05, 4.69) is 32.7 Å². The van der Waals surface area contributed by atoms with Gasteiger partial charge >= 0.3 is 0 Å². The van der Waals surface area contributed by atoms with Crippen LogP contribution in [0.5, 0.6) is 0 Å². The molecule has 0 radical (unpaired) electrons. The van der Waals surface area contributed by atoms with Gasteiger partial charge in [0.1, 0.15) is 11.6 Å². The molecule has 1 aromatic carbocycles. The molecule has 1 amide bonds. The second kappa shape index (κ2) is 8.77. The third-order valence-corrected chi connectivity index (χ3v) is 3.22. The first-order valence-corrected chi connectivity index (χ1v) is 7.58. The Balaban J connectivity index is 1.76. The van der Waals surface area contributed by atoms with Crippen molar-refractivity contribution in [2.24, 2.45) is 0 Å². The summed E-state index contributed by atoms with van der Waals surface area (Å²) in [7, 11) is 0. The monoisotopic (exact) mass is 298 g/mol. The van der Waals surface area contributed by atoms with Crippen LogP contribution in [0, 0.1) is 0 Å². The maximum Gasteiger partial charge on any atom is 0.216 e. The molecule has 0 aliphatic carbocycles. The van der Waals surface area contributed by atoms with Crippen molar-refractivity contribution in [3.63, 3.8) is 0 Å². The fourth-order valence-electron chi connectivity index (χ4n) is 2.09. The first-order valence-electron chi connectivity index (χ1n) is 7.58. The van der Waals surface area contributed by atoms with Gasteiger partial charge in [-0.05, 0) is 24.5 Å². The van der Waals surface area contributed by atoms with Crippen LogP contribution in [-0.2, 0) is 17.6 Å². The minimum atomic E-state index is 0.00485. The molecule has 0 aliphatic rings. The highest BCUT2D eigenvalue weighted by atomic mass is 16.1. The highest BCUT2D eigenvalue weighted by molar-refractivity contribution is 5.72. The lowest BCUT2D eigenvalue weighted by Gasteiger charge is -2.07. The number of aryl methyl sites for hydroxylation is 2.